The summed E-state index contributed by atoms with van der Waals surface area (Å²) in [7, 11) is -3.42. The molecular weight excluding hydrogens is 314 g/mol. The van der Waals surface area contributed by atoms with Crippen molar-refractivity contribution in [1.82, 2.24) is 19.0 Å². The fourth-order valence-corrected chi connectivity index (χ4v) is 4.49. The van der Waals surface area contributed by atoms with Gasteiger partial charge < -0.3 is 4.90 Å². The second kappa shape index (κ2) is 7.11. The highest BCUT2D eigenvalue weighted by atomic mass is 32.2. The van der Waals surface area contributed by atoms with Crippen molar-refractivity contribution in [1.29, 1.82) is 0 Å². The van der Waals surface area contributed by atoms with Gasteiger partial charge in [0.1, 0.15) is 0 Å². The molecule has 0 aromatic carbocycles. The van der Waals surface area contributed by atoms with Gasteiger partial charge in [0.15, 0.2) is 0 Å². The van der Waals surface area contributed by atoms with Crippen molar-refractivity contribution >= 4 is 16.2 Å². The summed E-state index contributed by atoms with van der Waals surface area (Å²) in [6.45, 7) is 4.53. The molecular formula is C15H25N5O2S. The van der Waals surface area contributed by atoms with Crippen molar-refractivity contribution in [2.45, 2.75) is 38.6 Å². The maximum absolute atomic E-state index is 12.6. The van der Waals surface area contributed by atoms with E-state index in [2.05, 4.69) is 14.7 Å². The average molecular weight is 339 g/mol. The van der Waals surface area contributed by atoms with E-state index in [0.29, 0.717) is 31.5 Å². The summed E-state index contributed by atoms with van der Waals surface area (Å²) in [4.78, 5) is 10.6. The first-order chi connectivity index (χ1) is 11.1. The van der Waals surface area contributed by atoms with E-state index < -0.39 is 10.2 Å². The van der Waals surface area contributed by atoms with Crippen LogP contribution in [0.3, 0.4) is 0 Å². The van der Waals surface area contributed by atoms with Gasteiger partial charge in [0, 0.05) is 44.6 Å². The lowest BCUT2D eigenvalue weighted by molar-refractivity contribution is 0.386. The predicted molar refractivity (Wildman–Crippen MR) is 89.3 cm³/mol. The van der Waals surface area contributed by atoms with Gasteiger partial charge in [-0.1, -0.05) is 6.92 Å². The van der Waals surface area contributed by atoms with E-state index in [9.17, 15) is 8.42 Å². The van der Waals surface area contributed by atoms with Gasteiger partial charge in [-0.3, -0.25) is 0 Å². The molecule has 8 heteroatoms. The Labute approximate surface area is 138 Å². The van der Waals surface area contributed by atoms with Gasteiger partial charge in [0.2, 0.25) is 5.95 Å². The van der Waals surface area contributed by atoms with Crippen LogP contribution in [0.25, 0.3) is 0 Å². The van der Waals surface area contributed by atoms with Crippen molar-refractivity contribution in [2.24, 2.45) is 5.92 Å². The molecule has 0 bridgehead atoms. The highest BCUT2D eigenvalue weighted by molar-refractivity contribution is 7.87. The summed E-state index contributed by atoms with van der Waals surface area (Å²) in [5.74, 6) is 1.22. The number of piperidine rings is 1. The van der Waals surface area contributed by atoms with Crippen molar-refractivity contribution in [3.8, 4) is 0 Å². The van der Waals surface area contributed by atoms with E-state index in [0.717, 1.165) is 32.2 Å². The average Bonchev–Trinajstić information content (AvgIpc) is 3.37. The fourth-order valence-electron chi connectivity index (χ4n) is 2.98. The van der Waals surface area contributed by atoms with E-state index in [4.69, 9.17) is 0 Å². The van der Waals surface area contributed by atoms with Gasteiger partial charge in [0.25, 0.3) is 10.2 Å². The minimum Gasteiger partial charge on any atom is -0.339 e. The number of nitrogens with zero attached hydrogens (tertiary/aromatic N) is 4. The molecule has 2 aliphatic rings. The van der Waals surface area contributed by atoms with Crippen LogP contribution in [0, 0.1) is 5.92 Å². The minimum atomic E-state index is -3.42. The summed E-state index contributed by atoms with van der Waals surface area (Å²) in [6.07, 6.45) is 7.50. The molecule has 1 N–H and O–H groups in total. The largest absolute Gasteiger partial charge is 0.339 e. The Bertz CT molecular complexity index is 606. The van der Waals surface area contributed by atoms with Crippen molar-refractivity contribution in [3.05, 3.63) is 18.5 Å². The second-order valence-corrected chi connectivity index (χ2v) is 8.05. The van der Waals surface area contributed by atoms with E-state index in [1.807, 2.05) is 11.8 Å². The monoisotopic (exact) mass is 339 g/mol. The first kappa shape index (κ1) is 16.6. The van der Waals surface area contributed by atoms with E-state index in [-0.39, 0.29) is 6.04 Å². The van der Waals surface area contributed by atoms with Crippen LogP contribution in [0.5, 0.6) is 0 Å². The molecule has 0 radical (unpaired) electrons. The normalized spacial score (nSPS) is 22.5. The number of anilines is 1. The Morgan fingerprint density at radius 2 is 2.04 bits per heavy atom. The van der Waals surface area contributed by atoms with Gasteiger partial charge >= 0.3 is 0 Å². The third-order valence-electron chi connectivity index (χ3n) is 4.42. The zero-order chi connectivity index (χ0) is 16.3. The molecule has 128 valence electrons. The van der Waals surface area contributed by atoms with Crippen LogP contribution < -0.4 is 9.62 Å². The molecule has 1 aliphatic carbocycles. The molecule has 0 amide bonds. The highest BCUT2D eigenvalue weighted by Crippen LogP contribution is 2.30. The molecule has 1 atom stereocenters. The van der Waals surface area contributed by atoms with Crippen LogP contribution in [0.1, 0.15) is 32.6 Å². The van der Waals surface area contributed by atoms with Crippen molar-refractivity contribution in [2.75, 3.05) is 31.1 Å². The zero-order valence-electron chi connectivity index (χ0n) is 13.6. The van der Waals surface area contributed by atoms with Gasteiger partial charge in [-0.25, -0.2) is 9.97 Å². The summed E-state index contributed by atoms with van der Waals surface area (Å²) < 4.78 is 29.7. The summed E-state index contributed by atoms with van der Waals surface area (Å²) in [6, 6.07) is 1.69. The molecule has 0 unspecified atom stereocenters. The summed E-state index contributed by atoms with van der Waals surface area (Å²) >= 11 is 0. The SMILES string of the molecule is CCN(CC1CC1)S(=O)(=O)N[C@@H]1CCCN(c2ncccn2)C1. The topological polar surface area (TPSA) is 78.4 Å². The molecule has 1 saturated carbocycles. The van der Waals surface area contributed by atoms with Crippen molar-refractivity contribution < 1.29 is 8.42 Å². The first-order valence-corrected chi connectivity index (χ1v) is 9.82. The summed E-state index contributed by atoms with van der Waals surface area (Å²) in [5.41, 5.74) is 0. The molecule has 1 aliphatic heterocycles. The molecule has 1 aromatic rings. The highest BCUT2D eigenvalue weighted by Gasteiger charge is 2.32. The molecule has 0 spiro atoms. The van der Waals surface area contributed by atoms with Gasteiger partial charge in [-0.05, 0) is 37.7 Å². The van der Waals surface area contributed by atoms with Crippen molar-refractivity contribution in [3.63, 3.8) is 0 Å². The minimum absolute atomic E-state index is 0.0918. The molecule has 3 rings (SSSR count). The Morgan fingerprint density at radius 1 is 1.30 bits per heavy atom. The number of aromatic nitrogens is 2. The first-order valence-electron chi connectivity index (χ1n) is 8.38. The predicted octanol–water partition coefficient (Wildman–Crippen LogP) is 1.01. The Kier molecular flexibility index (Phi) is 5.13. The van der Waals surface area contributed by atoms with Crippen LogP contribution in [0.15, 0.2) is 18.5 Å². The molecule has 2 fully saturated rings. The maximum Gasteiger partial charge on any atom is 0.279 e. The van der Waals surface area contributed by atoms with Crippen LogP contribution in [-0.4, -0.2) is 54.9 Å². The molecule has 2 heterocycles. The molecule has 1 aromatic heterocycles. The lowest BCUT2D eigenvalue weighted by Gasteiger charge is -2.34. The van der Waals surface area contributed by atoms with Gasteiger partial charge in [-0.15, -0.1) is 0 Å². The smallest absolute Gasteiger partial charge is 0.279 e. The Balaban J connectivity index is 1.62. The van der Waals surface area contributed by atoms with Crippen LogP contribution in [-0.2, 0) is 10.2 Å². The second-order valence-electron chi connectivity index (χ2n) is 6.35. The number of hydrogen-bond acceptors (Lipinski definition) is 5. The third kappa shape index (κ3) is 4.39. The molecule has 23 heavy (non-hydrogen) atoms. The molecule has 1 saturated heterocycles. The van der Waals surface area contributed by atoms with Crippen LogP contribution in [0.2, 0.25) is 0 Å². The van der Waals surface area contributed by atoms with E-state index in [1.54, 1.807) is 22.8 Å². The van der Waals surface area contributed by atoms with Crippen LogP contribution in [0.4, 0.5) is 5.95 Å². The third-order valence-corrected chi connectivity index (χ3v) is 6.14. The van der Waals surface area contributed by atoms with Gasteiger partial charge in [0.05, 0.1) is 0 Å². The zero-order valence-corrected chi connectivity index (χ0v) is 14.4. The quantitative estimate of drug-likeness (QED) is 0.802. The molecule has 7 nitrogen and oxygen atoms in total. The van der Waals surface area contributed by atoms with Gasteiger partial charge in [-0.2, -0.15) is 17.4 Å². The maximum atomic E-state index is 12.6. The Hall–Kier alpha value is -1.25. The standard InChI is InChI=1S/C15H25N5O2S/c1-2-20(11-13-6-7-13)23(21,22)18-14-5-3-10-19(12-14)15-16-8-4-9-17-15/h4,8-9,13-14,18H,2-3,5-7,10-12H2,1H3/t14-/m1/s1. The summed E-state index contributed by atoms with van der Waals surface area (Å²) in [5, 5.41) is 0. The Morgan fingerprint density at radius 3 is 2.70 bits per heavy atom. The number of hydrogen-bond donors (Lipinski definition) is 1. The van der Waals surface area contributed by atoms with Crippen LogP contribution >= 0.6 is 0 Å². The van der Waals surface area contributed by atoms with E-state index >= 15 is 0 Å². The lowest BCUT2D eigenvalue weighted by Crippen LogP contribution is -2.52. The number of rotatable bonds is 7. The van der Waals surface area contributed by atoms with E-state index in [1.165, 1.54) is 0 Å². The lowest BCUT2D eigenvalue weighted by atomic mass is 10.1. The number of nitrogens with one attached hydrogen (secondary N) is 1. The fraction of sp³-hybridized carbons (Fsp3) is 0.733.